The summed E-state index contributed by atoms with van der Waals surface area (Å²) in [5.74, 6) is -1.46. The fourth-order valence-electron chi connectivity index (χ4n) is 6.13. The van der Waals surface area contributed by atoms with Crippen LogP contribution in [0, 0.1) is 5.92 Å². The summed E-state index contributed by atoms with van der Waals surface area (Å²) in [6, 6.07) is 37.3. The van der Waals surface area contributed by atoms with Crippen LogP contribution in [0.25, 0.3) is 22.2 Å². The van der Waals surface area contributed by atoms with Gasteiger partial charge in [0.1, 0.15) is 0 Å². The molecule has 1 N–H and O–H groups in total. The molecule has 5 aromatic carbocycles. The van der Waals surface area contributed by atoms with E-state index in [4.69, 9.17) is 0 Å². The molecule has 1 aromatic heterocycles. The van der Waals surface area contributed by atoms with Crippen molar-refractivity contribution in [3.8, 4) is 11.3 Å². The standard InChI is InChI=1S/C38H34FNO4S2/c1-27(2)26-28-22-24-29(25-23-28)36(35-33-20-12-13-21-34(33)40-37(35)30-14-6-3-7-15-30)38(39,45(41,42)31-16-8-4-9-17-31)46(43,44)32-18-10-5-11-19-32/h3-25,27,36,40H,26H2,1-2H3. The number of nitrogens with one attached hydrogen (secondary N) is 1. The first-order chi connectivity index (χ1) is 22.1. The molecule has 46 heavy (non-hydrogen) atoms. The Morgan fingerprint density at radius 2 is 1.11 bits per heavy atom. The molecule has 1 atom stereocenters. The van der Waals surface area contributed by atoms with Gasteiger partial charge in [0.2, 0.25) is 19.7 Å². The molecular formula is C38H34FNO4S2. The number of H-pyrrole nitrogens is 1. The van der Waals surface area contributed by atoms with Crippen LogP contribution in [0.2, 0.25) is 0 Å². The van der Waals surface area contributed by atoms with Crippen molar-refractivity contribution in [3.63, 3.8) is 0 Å². The fourth-order valence-corrected chi connectivity index (χ4v) is 10.7. The van der Waals surface area contributed by atoms with Gasteiger partial charge in [-0.2, -0.15) is 0 Å². The number of halogens is 1. The molecule has 0 fully saturated rings. The number of aromatic amines is 1. The zero-order valence-electron chi connectivity index (χ0n) is 25.5. The molecule has 8 heteroatoms. The van der Waals surface area contributed by atoms with E-state index in [-0.39, 0.29) is 11.1 Å². The molecule has 6 rings (SSSR count). The van der Waals surface area contributed by atoms with Crippen molar-refractivity contribution in [2.75, 3.05) is 0 Å². The van der Waals surface area contributed by atoms with Crippen molar-refractivity contribution in [2.45, 2.75) is 40.3 Å². The van der Waals surface area contributed by atoms with E-state index in [9.17, 15) is 16.8 Å². The first-order valence-corrected chi connectivity index (χ1v) is 18.1. The second kappa shape index (κ2) is 12.3. The molecule has 0 saturated heterocycles. The minimum atomic E-state index is -5.25. The number of rotatable bonds is 10. The summed E-state index contributed by atoms with van der Waals surface area (Å²) in [5.41, 5.74) is 3.14. The smallest absolute Gasteiger partial charge is 0.328 e. The molecule has 0 bridgehead atoms. The molecule has 0 aliphatic heterocycles. The summed E-state index contributed by atoms with van der Waals surface area (Å²) in [6.07, 6.45) is 0.749. The third kappa shape index (κ3) is 5.35. The van der Waals surface area contributed by atoms with E-state index < -0.39 is 39.7 Å². The highest BCUT2D eigenvalue weighted by Crippen LogP contribution is 2.53. The van der Waals surface area contributed by atoms with E-state index in [1.54, 1.807) is 36.4 Å². The van der Waals surface area contributed by atoms with Gasteiger partial charge < -0.3 is 4.98 Å². The first kappa shape index (κ1) is 31.5. The molecule has 0 aliphatic rings. The van der Waals surface area contributed by atoms with E-state index in [1.807, 2.05) is 54.6 Å². The number of sulfone groups is 2. The Morgan fingerprint density at radius 1 is 0.630 bits per heavy atom. The summed E-state index contributed by atoms with van der Waals surface area (Å²) in [5, 5.41) is 0.520. The number of benzene rings is 5. The molecule has 1 unspecified atom stereocenters. The lowest BCUT2D eigenvalue weighted by atomic mass is 9.87. The predicted octanol–water partition coefficient (Wildman–Crippen LogP) is 8.74. The number of hydrogen-bond donors (Lipinski definition) is 1. The van der Waals surface area contributed by atoms with E-state index >= 15 is 4.39 Å². The van der Waals surface area contributed by atoms with Gasteiger partial charge in [0.25, 0.3) is 0 Å². The van der Waals surface area contributed by atoms with Gasteiger partial charge >= 0.3 is 4.33 Å². The lowest BCUT2D eigenvalue weighted by molar-refractivity contribution is 0.328. The number of hydrogen-bond acceptors (Lipinski definition) is 4. The zero-order chi connectivity index (χ0) is 32.5. The zero-order valence-corrected chi connectivity index (χ0v) is 27.1. The van der Waals surface area contributed by atoms with Gasteiger partial charge in [0, 0.05) is 10.9 Å². The van der Waals surface area contributed by atoms with Gasteiger partial charge in [-0.25, -0.2) is 21.2 Å². The Hall–Kier alpha value is -4.53. The van der Waals surface area contributed by atoms with Crippen LogP contribution in [-0.2, 0) is 26.1 Å². The average Bonchev–Trinajstić information content (AvgIpc) is 3.45. The molecular weight excluding hydrogens is 618 g/mol. The quantitative estimate of drug-likeness (QED) is 0.161. The van der Waals surface area contributed by atoms with Crippen LogP contribution in [0.3, 0.4) is 0 Å². The van der Waals surface area contributed by atoms with E-state index in [2.05, 4.69) is 18.8 Å². The van der Waals surface area contributed by atoms with Crippen molar-refractivity contribution < 1.29 is 21.2 Å². The summed E-state index contributed by atoms with van der Waals surface area (Å²) in [6.45, 7) is 4.17. The highest BCUT2D eigenvalue weighted by atomic mass is 32.3. The molecule has 0 radical (unpaired) electrons. The predicted molar refractivity (Wildman–Crippen MR) is 182 cm³/mol. The van der Waals surface area contributed by atoms with Crippen LogP contribution in [0.15, 0.2) is 149 Å². The summed E-state index contributed by atoms with van der Waals surface area (Å²) in [7, 11) is -10.5. The largest absolute Gasteiger partial charge is 0.354 e. The lowest BCUT2D eigenvalue weighted by Crippen LogP contribution is -2.48. The topological polar surface area (TPSA) is 84.1 Å². The number of fused-ring (bicyclic) bond motifs is 1. The maximum Gasteiger partial charge on any atom is 0.328 e. The number of para-hydroxylation sites is 1. The Labute approximate surface area is 269 Å². The summed E-state index contributed by atoms with van der Waals surface area (Å²) in [4.78, 5) is 2.50. The minimum Gasteiger partial charge on any atom is -0.354 e. The maximum absolute atomic E-state index is 19.0. The van der Waals surface area contributed by atoms with Crippen molar-refractivity contribution in [1.29, 1.82) is 0 Å². The lowest BCUT2D eigenvalue weighted by Gasteiger charge is -2.34. The van der Waals surface area contributed by atoms with E-state index in [0.29, 0.717) is 28.1 Å². The van der Waals surface area contributed by atoms with Crippen LogP contribution in [0.4, 0.5) is 4.39 Å². The third-order valence-electron chi connectivity index (χ3n) is 8.24. The molecule has 0 spiro atoms. The molecule has 0 amide bonds. The average molecular weight is 652 g/mol. The molecule has 6 aromatic rings. The van der Waals surface area contributed by atoms with Gasteiger partial charge in [-0.05, 0) is 64.9 Å². The number of alkyl halides is 1. The third-order valence-corrected chi connectivity index (χ3v) is 13.3. The first-order valence-electron chi connectivity index (χ1n) is 15.1. The molecule has 5 nitrogen and oxygen atoms in total. The maximum atomic E-state index is 19.0. The highest BCUT2D eigenvalue weighted by Gasteiger charge is 2.64. The summed E-state index contributed by atoms with van der Waals surface area (Å²) >= 11 is 0. The van der Waals surface area contributed by atoms with Crippen molar-refractivity contribution in [1.82, 2.24) is 4.98 Å². The van der Waals surface area contributed by atoms with Crippen molar-refractivity contribution in [2.24, 2.45) is 5.92 Å². The van der Waals surface area contributed by atoms with E-state index in [0.717, 1.165) is 12.0 Å². The Kier molecular flexibility index (Phi) is 8.44. The Morgan fingerprint density at radius 3 is 1.63 bits per heavy atom. The molecule has 0 saturated carbocycles. The molecule has 0 aliphatic carbocycles. The summed E-state index contributed by atoms with van der Waals surface area (Å²) < 4.78 is 74.4. The monoisotopic (exact) mass is 651 g/mol. The second-order valence-electron chi connectivity index (χ2n) is 11.8. The van der Waals surface area contributed by atoms with Crippen LogP contribution >= 0.6 is 0 Å². The number of aromatic nitrogens is 1. The SMILES string of the molecule is CC(C)Cc1ccc(C(c2c(-c3ccccc3)[nH]c3ccccc23)C(F)(S(=O)(=O)c2ccccc2)S(=O)(=O)c2ccccc2)cc1. The van der Waals surface area contributed by atoms with Gasteiger partial charge in [-0.3, -0.25) is 0 Å². The Balaban J connectivity index is 1.77. The van der Waals surface area contributed by atoms with Gasteiger partial charge in [-0.1, -0.05) is 123 Å². The second-order valence-corrected chi connectivity index (χ2v) is 16.2. The van der Waals surface area contributed by atoms with E-state index in [1.165, 1.54) is 48.5 Å². The molecule has 234 valence electrons. The minimum absolute atomic E-state index is 0.218. The van der Waals surface area contributed by atoms with Crippen molar-refractivity contribution >= 4 is 30.6 Å². The van der Waals surface area contributed by atoms with Crippen LogP contribution < -0.4 is 0 Å². The van der Waals surface area contributed by atoms with Crippen molar-refractivity contribution in [3.05, 3.63) is 156 Å². The van der Waals surface area contributed by atoms with Gasteiger partial charge in [0.15, 0.2) is 0 Å². The van der Waals surface area contributed by atoms with Gasteiger partial charge in [0.05, 0.1) is 21.4 Å². The fraction of sp³-hybridized carbons (Fsp3) is 0.158. The van der Waals surface area contributed by atoms with Crippen LogP contribution in [0.1, 0.15) is 36.5 Å². The normalized spacial score (nSPS) is 13.2. The van der Waals surface area contributed by atoms with Crippen LogP contribution in [-0.4, -0.2) is 26.2 Å². The Bertz CT molecular complexity index is 2110. The van der Waals surface area contributed by atoms with Gasteiger partial charge in [-0.15, -0.1) is 0 Å². The molecule has 1 heterocycles. The highest BCUT2D eigenvalue weighted by molar-refractivity contribution is 8.10. The van der Waals surface area contributed by atoms with Crippen LogP contribution in [0.5, 0.6) is 0 Å².